The third-order valence-electron chi connectivity index (χ3n) is 4.24. The van der Waals surface area contributed by atoms with Gasteiger partial charge in [-0.2, -0.15) is 0 Å². The van der Waals surface area contributed by atoms with E-state index in [1.165, 1.54) is 0 Å². The number of aliphatic hydroxyl groups is 1. The molecule has 0 aromatic heterocycles. The number of rotatable bonds is 7. The summed E-state index contributed by atoms with van der Waals surface area (Å²) in [6.07, 6.45) is 4.05. The number of urea groups is 1. The van der Waals surface area contributed by atoms with Gasteiger partial charge in [-0.3, -0.25) is 0 Å². The Balaban J connectivity index is 2.44. The molecule has 0 saturated carbocycles. The van der Waals surface area contributed by atoms with Crippen molar-refractivity contribution in [3.8, 4) is 0 Å². The van der Waals surface area contributed by atoms with E-state index in [1.807, 2.05) is 13.8 Å². The van der Waals surface area contributed by atoms with Crippen LogP contribution in [0.15, 0.2) is 0 Å². The summed E-state index contributed by atoms with van der Waals surface area (Å²) >= 11 is 0. The minimum absolute atomic E-state index is 0.0462. The van der Waals surface area contributed by atoms with E-state index in [2.05, 4.69) is 24.5 Å². The lowest BCUT2D eigenvalue weighted by Crippen LogP contribution is -2.54. The minimum atomic E-state index is -0.542. The summed E-state index contributed by atoms with van der Waals surface area (Å²) in [6.45, 7) is 9.64. The molecule has 124 valence electrons. The highest BCUT2D eigenvalue weighted by Gasteiger charge is 2.29. The van der Waals surface area contributed by atoms with Crippen LogP contribution in [0.4, 0.5) is 4.79 Å². The molecule has 3 atom stereocenters. The van der Waals surface area contributed by atoms with Crippen LogP contribution < -0.4 is 10.6 Å². The Bertz CT molecular complexity index is 323. The van der Waals surface area contributed by atoms with Gasteiger partial charge in [-0.1, -0.05) is 27.2 Å². The van der Waals surface area contributed by atoms with Crippen molar-refractivity contribution in [3.63, 3.8) is 0 Å². The van der Waals surface area contributed by atoms with E-state index in [4.69, 9.17) is 4.74 Å². The summed E-state index contributed by atoms with van der Waals surface area (Å²) < 4.78 is 5.83. The predicted octanol–water partition coefficient (Wildman–Crippen LogP) is 2.29. The van der Waals surface area contributed by atoms with Gasteiger partial charge in [0.1, 0.15) is 0 Å². The van der Waals surface area contributed by atoms with Crippen molar-refractivity contribution in [3.05, 3.63) is 0 Å². The molecular formula is C16H32N2O3. The summed E-state index contributed by atoms with van der Waals surface area (Å²) in [4.78, 5) is 12.0. The number of amides is 2. The normalized spacial score (nSPS) is 25.4. The standard InChI is InChI=1S/C16H32N2O3/c1-5-8-16(4,11-19)18-15(20)17-10-13-7-6-9-21-14(13)12(2)3/h12-14,19H,5-11H2,1-4H3,(H2,17,18,20). The maximum atomic E-state index is 12.0. The van der Waals surface area contributed by atoms with Gasteiger partial charge in [0.05, 0.1) is 18.2 Å². The molecule has 0 bridgehead atoms. The highest BCUT2D eigenvalue weighted by Crippen LogP contribution is 2.25. The Hall–Kier alpha value is -0.810. The maximum Gasteiger partial charge on any atom is 0.315 e. The third-order valence-corrected chi connectivity index (χ3v) is 4.24. The average Bonchev–Trinajstić information content (AvgIpc) is 2.45. The highest BCUT2D eigenvalue weighted by atomic mass is 16.5. The van der Waals surface area contributed by atoms with Gasteiger partial charge < -0.3 is 20.5 Å². The number of carbonyl (C=O) groups is 1. The Kier molecular flexibility index (Phi) is 7.46. The van der Waals surface area contributed by atoms with Gasteiger partial charge >= 0.3 is 6.03 Å². The number of nitrogens with one attached hydrogen (secondary N) is 2. The molecule has 1 fully saturated rings. The van der Waals surface area contributed by atoms with Gasteiger partial charge in [0.15, 0.2) is 0 Å². The Labute approximate surface area is 128 Å². The molecule has 1 aliphatic rings. The van der Waals surface area contributed by atoms with Crippen LogP contribution in [0.25, 0.3) is 0 Å². The molecule has 0 aliphatic carbocycles. The first kappa shape index (κ1) is 18.2. The second-order valence-corrected chi connectivity index (χ2v) is 6.79. The van der Waals surface area contributed by atoms with Crippen LogP contribution in [0.2, 0.25) is 0 Å². The van der Waals surface area contributed by atoms with Crippen LogP contribution in [-0.2, 0) is 4.74 Å². The van der Waals surface area contributed by atoms with Gasteiger partial charge in [-0.25, -0.2) is 4.79 Å². The maximum absolute atomic E-state index is 12.0. The molecule has 3 N–H and O–H groups in total. The van der Waals surface area contributed by atoms with Gasteiger partial charge in [0.25, 0.3) is 0 Å². The summed E-state index contributed by atoms with van der Waals surface area (Å²) in [7, 11) is 0. The zero-order valence-corrected chi connectivity index (χ0v) is 13.9. The summed E-state index contributed by atoms with van der Waals surface area (Å²) in [5, 5.41) is 15.3. The fourth-order valence-electron chi connectivity index (χ4n) is 3.10. The lowest BCUT2D eigenvalue weighted by atomic mass is 9.87. The fraction of sp³-hybridized carbons (Fsp3) is 0.938. The molecule has 1 heterocycles. The molecular weight excluding hydrogens is 268 g/mol. The van der Waals surface area contributed by atoms with Gasteiger partial charge in [-0.15, -0.1) is 0 Å². The van der Waals surface area contributed by atoms with E-state index in [1.54, 1.807) is 0 Å². The SMILES string of the molecule is CCCC(C)(CO)NC(=O)NCC1CCCOC1C(C)C. The van der Waals surface area contributed by atoms with E-state index in [9.17, 15) is 9.90 Å². The van der Waals surface area contributed by atoms with Crippen molar-refractivity contribution >= 4 is 6.03 Å². The van der Waals surface area contributed by atoms with Crippen LogP contribution in [0.1, 0.15) is 53.4 Å². The molecule has 0 radical (unpaired) electrons. The zero-order valence-electron chi connectivity index (χ0n) is 13.9. The fourth-order valence-corrected chi connectivity index (χ4v) is 3.10. The Morgan fingerprint density at radius 2 is 2.19 bits per heavy atom. The third kappa shape index (κ3) is 5.83. The number of hydrogen-bond acceptors (Lipinski definition) is 3. The van der Waals surface area contributed by atoms with Gasteiger partial charge in [0, 0.05) is 19.1 Å². The molecule has 2 amide bonds. The first-order chi connectivity index (χ1) is 9.91. The van der Waals surface area contributed by atoms with Crippen LogP contribution in [0.3, 0.4) is 0 Å². The molecule has 1 rings (SSSR count). The van der Waals surface area contributed by atoms with Crippen LogP contribution in [0, 0.1) is 11.8 Å². The van der Waals surface area contributed by atoms with E-state index < -0.39 is 5.54 Å². The number of aliphatic hydroxyl groups excluding tert-OH is 1. The first-order valence-corrected chi connectivity index (χ1v) is 8.20. The zero-order chi connectivity index (χ0) is 15.9. The highest BCUT2D eigenvalue weighted by molar-refractivity contribution is 5.74. The molecule has 5 nitrogen and oxygen atoms in total. The summed E-state index contributed by atoms with van der Waals surface area (Å²) in [6, 6.07) is -0.201. The van der Waals surface area contributed by atoms with Crippen molar-refractivity contribution in [1.29, 1.82) is 0 Å². The average molecular weight is 300 g/mol. The predicted molar refractivity (Wildman–Crippen MR) is 84.2 cm³/mol. The van der Waals surface area contributed by atoms with Crippen molar-refractivity contribution in [1.82, 2.24) is 10.6 Å². The van der Waals surface area contributed by atoms with E-state index in [0.717, 1.165) is 32.3 Å². The largest absolute Gasteiger partial charge is 0.394 e. The molecule has 0 spiro atoms. The van der Waals surface area contributed by atoms with Gasteiger partial charge in [-0.05, 0) is 32.1 Å². The number of hydrogen-bond donors (Lipinski definition) is 3. The van der Waals surface area contributed by atoms with Crippen LogP contribution in [0.5, 0.6) is 0 Å². The first-order valence-electron chi connectivity index (χ1n) is 8.20. The lowest BCUT2D eigenvalue weighted by molar-refractivity contribution is -0.0508. The van der Waals surface area contributed by atoms with E-state index >= 15 is 0 Å². The van der Waals surface area contributed by atoms with E-state index in [0.29, 0.717) is 18.4 Å². The Morgan fingerprint density at radius 3 is 2.76 bits per heavy atom. The van der Waals surface area contributed by atoms with Crippen molar-refractivity contribution in [2.75, 3.05) is 19.8 Å². The van der Waals surface area contributed by atoms with Crippen molar-refractivity contribution < 1.29 is 14.6 Å². The van der Waals surface area contributed by atoms with Crippen LogP contribution >= 0.6 is 0 Å². The van der Waals surface area contributed by atoms with E-state index in [-0.39, 0.29) is 18.7 Å². The second kappa shape index (κ2) is 8.59. The summed E-state index contributed by atoms with van der Waals surface area (Å²) in [5.41, 5.74) is -0.542. The van der Waals surface area contributed by atoms with Crippen molar-refractivity contribution in [2.45, 2.75) is 65.0 Å². The summed E-state index contributed by atoms with van der Waals surface area (Å²) in [5.74, 6) is 0.832. The molecule has 1 aliphatic heterocycles. The molecule has 3 unspecified atom stereocenters. The lowest BCUT2D eigenvalue weighted by Gasteiger charge is -2.35. The quantitative estimate of drug-likeness (QED) is 0.675. The molecule has 21 heavy (non-hydrogen) atoms. The minimum Gasteiger partial charge on any atom is -0.394 e. The molecule has 0 aromatic carbocycles. The second-order valence-electron chi connectivity index (χ2n) is 6.79. The molecule has 0 aromatic rings. The molecule has 5 heteroatoms. The van der Waals surface area contributed by atoms with Gasteiger partial charge in [0.2, 0.25) is 0 Å². The topological polar surface area (TPSA) is 70.6 Å². The monoisotopic (exact) mass is 300 g/mol. The number of carbonyl (C=O) groups excluding carboxylic acids is 1. The number of ether oxygens (including phenoxy) is 1. The Morgan fingerprint density at radius 1 is 1.48 bits per heavy atom. The van der Waals surface area contributed by atoms with Crippen molar-refractivity contribution in [2.24, 2.45) is 11.8 Å². The smallest absolute Gasteiger partial charge is 0.315 e. The van der Waals surface area contributed by atoms with Crippen LogP contribution in [-0.4, -0.2) is 42.5 Å². The molecule has 1 saturated heterocycles.